The van der Waals surface area contributed by atoms with E-state index < -0.39 is 0 Å². The highest BCUT2D eigenvalue weighted by molar-refractivity contribution is 5.93. The lowest BCUT2D eigenvalue weighted by Gasteiger charge is -2.25. The van der Waals surface area contributed by atoms with Crippen LogP contribution in [0.3, 0.4) is 0 Å². The maximum Gasteiger partial charge on any atom is 0.225 e. The van der Waals surface area contributed by atoms with Gasteiger partial charge in [-0.15, -0.1) is 0 Å². The monoisotopic (exact) mass is 279 g/mol. The van der Waals surface area contributed by atoms with Gasteiger partial charge in [-0.3, -0.25) is 9.69 Å². The summed E-state index contributed by atoms with van der Waals surface area (Å²) < 4.78 is 5.08. The van der Waals surface area contributed by atoms with Crippen molar-refractivity contribution < 1.29 is 9.53 Å². The van der Waals surface area contributed by atoms with Crippen LogP contribution in [0.25, 0.3) is 0 Å². The Bertz CT molecular complexity index is 421. The molecule has 0 aliphatic carbocycles. The van der Waals surface area contributed by atoms with E-state index in [-0.39, 0.29) is 5.91 Å². The van der Waals surface area contributed by atoms with Gasteiger partial charge < -0.3 is 15.8 Å². The number of anilines is 2. The minimum absolute atomic E-state index is 0.0223. The Kier molecular flexibility index (Phi) is 7.04. The molecule has 112 valence electrons. The van der Waals surface area contributed by atoms with Crippen LogP contribution in [-0.4, -0.2) is 43.7 Å². The minimum Gasteiger partial charge on any atom is -0.397 e. The van der Waals surface area contributed by atoms with Crippen LogP contribution in [0, 0.1) is 0 Å². The van der Waals surface area contributed by atoms with Crippen LogP contribution in [0.5, 0.6) is 0 Å². The standard InChI is InChI=1S/C15H25N3O2/c1-12(2)18(10-11-20-3)9-8-15(19)17-14-7-5-4-6-13(14)16/h4-7,12H,8-11,16H2,1-3H3,(H,17,19). The highest BCUT2D eigenvalue weighted by Gasteiger charge is 2.12. The molecule has 0 saturated carbocycles. The average Bonchev–Trinajstić information content (AvgIpc) is 2.41. The van der Waals surface area contributed by atoms with Gasteiger partial charge in [-0.1, -0.05) is 12.1 Å². The first-order chi connectivity index (χ1) is 9.54. The van der Waals surface area contributed by atoms with Crippen molar-refractivity contribution in [3.63, 3.8) is 0 Å². The molecule has 0 heterocycles. The molecule has 0 spiro atoms. The van der Waals surface area contributed by atoms with Crippen molar-refractivity contribution in [1.29, 1.82) is 0 Å². The smallest absolute Gasteiger partial charge is 0.225 e. The number of benzene rings is 1. The summed E-state index contributed by atoms with van der Waals surface area (Å²) in [5, 5.41) is 2.84. The molecule has 0 aliphatic rings. The zero-order chi connectivity index (χ0) is 15.0. The molecular formula is C15H25N3O2. The molecule has 1 aromatic rings. The Morgan fingerprint density at radius 1 is 1.35 bits per heavy atom. The van der Waals surface area contributed by atoms with E-state index in [4.69, 9.17) is 10.5 Å². The average molecular weight is 279 g/mol. The largest absolute Gasteiger partial charge is 0.397 e. The summed E-state index contributed by atoms with van der Waals surface area (Å²) in [5.74, 6) is -0.0223. The fourth-order valence-corrected chi connectivity index (χ4v) is 1.91. The fourth-order valence-electron chi connectivity index (χ4n) is 1.91. The molecule has 0 unspecified atom stereocenters. The van der Waals surface area contributed by atoms with Gasteiger partial charge in [0, 0.05) is 32.7 Å². The van der Waals surface area contributed by atoms with Gasteiger partial charge in [-0.25, -0.2) is 0 Å². The molecule has 0 fully saturated rings. The van der Waals surface area contributed by atoms with Crippen LogP contribution >= 0.6 is 0 Å². The molecule has 0 bridgehead atoms. The summed E-state index contributed by atoms with van der Waals surface area (Å²) in [6.07, 6.45) is 0.441. The molecule has 5 heteroatoms. The Hall–Kier alpha value is -1.59. The van der Waals surface area contributed by atoms with E-state index in [1.54, 1.807) is 19.2 Å². The van der Waals surface area contributed by atoms with Crippen LogP contribution in [0.2, 0.25) is 0 Å². The van der Waals surface area contributed by atoms with Crippen molar-refractivity contribution in [3.05, 3.63) is 24.3 Å². The minimum atomic E-state index is -0.0223. The highest BCUT2D eigenvalue weighted by atomic mass is 16.5. The molecule has 5 nitrogen and oxygen atoms in total. The lowest BCUT2D eigenvalue weighted by Crippen LogP contribution is -2.36. The number of carbonyl (C=O) groups excluding carboxylic acids is 1. The summed E-state index contributed by atoms with van der Waals surface area (Å²) in [6.45, 7) is 6.44. The van der Waals surface area contributed by atoms with Gasteiger partial charge >= 0.3 is 0 Å². The van der Waals surface area contributed by atoms with Crippen molar-refractivity contribution in [3.8, 4) is 0 Å². The van der Waals surface area contributed by atoms with E-state index in [1.807, 2.05) is 12.1 Å². The molecule has 1 rings (SSSR count). The SMILES string of the molecule is COCCN(CCC(=O)Nc1ccccc1N)C(C)C. The van der Waals surface area contributed by atoms with Crippen LogP contribution < -0.4 is 11.1 Å². The van der Waals surface area contributed by atoms with Crippen molar-refractivity contribution in [2.45, 2.75) is 26.3 Å². The van der Waals surface area contributed by atoms with E-state index in [2.05, 4.69) is 24.1 Å². The van der Waals surface area contributed by atoms with Crippen molar-refractivity contribution in [2.24, 2.45) is 0 Å². The number of carbonyl (C=O) groups is 1. The topological polar surface area (TPSA) is 67.6 Å². The fraction of sp³-hybridized carbons (Fsp3) is 0.533. The van der Waals surface area contributed by atoms with E-state index in [9.17, 15) is 4.79 Å². The molecular weight excluding hydrogens is 254 g/mol. The van der Waals surface area contributed by atoms with Gasteiger partial charge in [0.1, 0.15) is 0 Å². The summed E-state index contributed by atoms with van der Waals surface area (Å²) in [6, 6.07) is 7.66. The molecule has 1 aromatic carbocycles. The number of methoxy groups -OCH3 is 1. The van der Waals surface area contributed by atoms with E-state index in [0.29, 0.717) is 37.0 Å². The predicted molar refractivity (Wildman–Crippen MR) is 82.7 cm³/mol. The summed E-state index contributed by atoms with van der Waals surface area (Å²) in [5.41, 5.74) is 7.05. The number of hydrogen-bond acceptors (Lipinski definition) is 4. The van der Waals surface area contributed by atoms with Crippen LogP contribution in [0.4, 0.5) is 11.4 Å². The number of nitrogens with two attached hydrogens (primary N) is 1. The highest BCUT2D eigenvalue weighted by Crippen LogP contribution is 2.16. The van der Waals surface area contributed by atoms with Crippen LogP contribution in [-0.2, 0) is 9.53 Å². The van der Waals surface area contributed by atoms with Crippen molar-refractivity contribution in [1.82, 2.24) is 4.90 Å². The molecule has 0 atom stereocenters. The maximum atomic E-state index is 11.9. The Balaban J connectivity index is 2.43. The van der Waals surface area contributed by atoms with Crippen LogP contribution in [0.1, 0.15) is 20.3 Å². The number of hydrogen-bond donors (Lipinski definition) is 2. The molecule has 1 amide bonds. The number of nitrogens with one attached hydrogen (secondary N) is 1. The first-order valence-electron chi connectivity index (χ1n) is 6.92. The second kappa shape index (κ2) is 8.55. The Morgan fingerprint density at radius 2 is 2.05 bits per heavy atom. The van der Waals surface area contributed by atoms with Gasteiger partial charge in [-0.05, 0) is 26.0 Å². The summed E-state index contributed by atoms with van der Waals surface area (Å²) in [7, 11) is 1.68. The lowest BCUT2D eigenvalue weighted by molar-refractivity contribution is -0.116. The van der Waals surface area contributed by atoms with Crippen molar-refractivity contribution in [2.75, 3.05) is 37.9 Å². The molecule has 0 saturated heterocycles. The quantitative estimate of drug-likeness (QED) is 0.714. The number of para-hydroxylation sites is 2. The second-order valence-electron chi connectivity index (χ2n) is 5.01. The Morgan fingerprint density at radius 3 is 2.65 bits per heavy atom. The molecule has 3 N–H and O–H groups in total. The number of ether oxygens (including phenoxy) is 1. The summed E-state index contributed by atoms with van der Waals surface area (Å²) >= 11 is 0. The number of amides is 1. The predicted octanol–water partition coefficient (Wildman–Crippen LogP) is 1.95. The number of rotatable bonds is 8. The van der Waals surface area contributed by atoms with Gasteiger partial charge in [0.15, 0.2) is 0 Å². The number of nitrogens with zero attached hydrogens (tertiary/aromatic N) is 1. The zero-order valence-electron chi connectivity index (χ0n) is 12.6. The van der Waals surface area contributed by atoms with Gasteiger partial charge in [0.25, 0.3) is 0 Å². The van der Waals surface area contributed by atoms with Gasteiger partial charge in [-0.2, -0.15) is 0 Å². The number of nitrogen functional groups attached to an aromatic ring is 1. The molecule has 0 aromatic heterocycles. The first kappa shape index (κ1) is 16.5. The van der Waals surface area contributed by atoms with E-state index in [0.717, 1.165) is 6.54 Å². The van der Waals surface area contributed by atoms with E-state index in [1.165, 1.54) is 0 Å². The molecule has 0 radical (unpaired) electrons. The molecule has 0 aliphatic heterocycles. The third-order valence-corrected chi connectivity index (χ3v) is 3.17. The lowest BCUT2D eigenvalue weighted by atomic mass is 10.2. The third kappa shape index (κ3) is 5.59. The second-order valence-corrected chi connectivity index (χ2v) is 5.01. The third-order valence-electron chi connectivity index (χ3n) is 3.17. The summed E-state index contributed by atoms with van der Waals surface area (Å²) in [4.78, 5) is 14.2. The van der Waals surface area contributed by atoms with E-state index >= 15 is 0 Å². The zero-order valence-corrected chi connectivity index (χ0v) is 12.6. The first-order valence-corrected chi connectivity index (χ1v) is 6.92. The Labute approximate surface area is 121 Å². The molecule has 20 heavy (non-hydrogen) atoms. The van der Waals surface area contributed by atoms with Crippen LogP contribution in [0.15, 0.2) is 24.3 Å². The maximum absolute atomic E-state index is 11.9. The van der Waals surface area contributed by atoms with Gasteiger partial charge in [0.05, 0.1) is 18.0 Å². The van der Waals surface area contributed by atoms with Gasteiger partial charge in [0.2, 0.25) is 5.91 Å². The van der Waals surface area contributed by atoms with Crippen molar-refractivity contribution >= 4 is 17.3 Å². The normalized spacial score (nSPS) is 11.1.